The van der Waals surface area contributed by atoms with Gasteiger partial charge in [0.1, 0.15) is 10.1 Å². The first-order valence-corrected chi connectivity index (χ1v) is 9.37. The molecule has 0 aliphatic rings. The molecule has 1 aromatic carbocycles. The maximum absolute atomic E-state index is 12.0. The predicted molar refractivity (Wildman–Crippen MR) is 87.6 cm³/mol. The van der Waals surface area contributed by atoms with E-state index in [1.807, 2.05) is 0 Å². The number of hydrogen-bond acceptors (Lipinski definition) is 9. The smallest absolute Gasteiger partial charge is 0.338 e. The molecule has 146 valence electrons. The van der Waals surface area contributed by atoms with Gasteiger partial charge in [-0.3, -0.25) is 0 Å². The molecule has 0 aromatic heterocycles. The zero-order valence-electron chi connectivity index (χ0n) is 14.0. The van der Waals surface area contributed by atoms with Gasteiger partial charge in [-0.25, -0.2) is 18.0 Å². The van der Waals surface area contributed by atoms with Crippen molar-refractivity contribution >= 4 is 22.1 Å². The number of benzene rings is 1. The van der Waals surface area contributed by atoms with Crippen LogP contribution in [0.25, 0.3) is 0 Å². The van der Waals surface area contributed by atoms with Crippen molar-refractivity contribution in [3.63, 3.8) is 0 Å². The van der Waals surface area contributed by atoms with Gasteiger partial charge >= 0.3 is 11.9 Å². The topological polar surface area (TPSA) is 150 Å². The molecule has 2 N–H and O–H groups in total. The molecule has 0 spiro atoms. The van der Waals surface area contributed by atoms with E-state index in [0.29, 0.717) is 25.7 Å². The van der Waals surface area contributed by atoms with Crippen molar-refractivity contribution < 1.29 is 42.2 Å². The fraction of sp³-hybridized carbons (Fsp3) is 0.500. The molecule has 0 saturated heterocycles. The Labute approximate surface area is 151 Å². The lowest BCUT2D eigenvalue weighted by molar-refractivity contribution is 0.0490. The predicted octanol–water partition coefficient (Wildman–Crippen LogP) is 0.449. The lowest BCUT2D eigenvalue weighted by Crippen LogP contribution is -2.13. The fourth-order valence-corrected chi connectivity index (χ4v) is 2.45. The van der Waals surface area contributed by atoms with Crippen LogP contribution in [0.5, 0.6) is 0 Å². The van der Waals surface area contributed by atoms with Crippen LogP contribution in [0.15, 0.2) is 23.1 Å². The maximum Gasteiger partial charge on any atom is 0.338 e. The Morgan fingerprint density at radius 2 is 1.27 bits per heavy atom. The molecule has 1 aromatic rings. The Morgan fingerprint density at radius 1 is 0.846 bits per heavy atom. The van der Waals surface area contributed by atoms with Crippen LogP contribution in [-0.4, -0.2) is 61.5 Å². The van der Waals surface area contributed by atoms with Crippen molar-refractivity contribution in [3.05, 3.63) is 29.3 Å². The van der Waals surface area contributed by atoms with E-state index in [1.165, 1.54) is 0 Å². The van der Waals surface area contributed by atoms with Gasteiger partial charge in [-0.05, 0) is 43.9 Å². The first kappa shape index (κ1) is 22.0. The average molecular weight is 389 g/mol. The zero-order valence-corrected chi connectivity index (χ0v) is 14.9. The van der Waals surface area contributed by atoms with Crippen LogP contribution < -0.4 is 0 Å². The van der Waals surface area contributed by atoms with Crippen LogP contribution in [-0.2, 0) is 19.6 Å². The summed E-state index contributed by atoms with van der Waals surface area (Å²) in [7, 11) is -4.90. The number of aliphatic hydroxyl groups is 2. The first-order valence-electron chi connectivity index (χ1n) is 7.96. The highest BCUT2D eigenvalue weighted by Gasteiger charge is 2.17. The highest BCUT2D eigenvalue weighted by Crippen LogP contribution is 2.17. The molecule has 0 amide bonds. The van der Waals surface area contributed by atoms with Gasteiger partial charge in [0.2, 0.25) is 0 Å². The summed E-state index contributed by atoms with van der Waals surface area (Å²) < 4.78 is 43.6. The van der Waals surface area contributed by atoms with Gasteiger partial charge in [0.05, 0.1) is 29.2 Å². The summed E-state index contributed by atoms with van der Waals surface area (Å²) in [5, 5.41) is 17.3. The minimum atomic E-state index is -4.90. The number of ether oxygens (including phenoxy) is 2. The molecule has 26 heavy (non-hydrogen) atoms. The molecule has 0 aliphatic heterocycles. The standard InChI is InChI=1S/C16H22O9S/c17-5-1-3-7-24-15(19)12-9-13(11-14(10-12)26(21,22)23)16(20)25-8-4-2-6-18/h9-11,17-18H,1-8H2,(H,21,22,23)/p-1. The van der Waals surface area contributed by atoms with Crippen molar-refractivity contribution in [3.8, 4) is 0 Å². The lowest BCUT2D eigenvalue weighted by Gasteiger charge is -2.12. The van der Waals surface area contributed by atoms with E-state index in [4.69, 9.17) is 19.7 Å². The second-order valence-corrected chi connectivity index (χ2v) is 6.71. The Balaban J connectivity index is 2.96. The Morgan fingerprint density at radius 3 is 1.62 bits per heavy atom. The number of carbonyl (C=O) groups excluding carboxylic acids is 2. The minimum Gasteiger partial charge on any atom is -0.744 e. The second kappa shape index (κ2) is 10.9. The summed E-state index contributed by atoms with van der Waals surface area (Å²) >= 11 is 0. The van der Waals surface area contributed by atoms with E-state index in [1.54, 1.807) is 0 Å². The number of aliphatic hydroxyl groups excluding tert-OH is 2. The largest absolute Gasteiger partial charge is 0.744 e. The highest BCUT2D eigenvalue weighted by atomic mass is 32.2. The molecular weight excluding hydrogens is 368 g/mol. The molecule has 10 heteroatoms. The molecule has 0 unspecified atom stereocenters. The number of hydrogen-bond donors (Lipinski definition) is 2. The third kappa shape index (κ3) is 7.48. The highest BCUT2D eigenvalue weighted by molar-refractivity contribution is 7.85. The summed E-state index contributed by atoms with van der Waals surface area (Å²) in [6.45, 7) is -0.134. The molecule has 0 aliphatic carbocycles. The number of esters is 2. The van der Waals surface area contributed by atoms with Crippen LogP contribution in [0.3, 0.4) is 0 Å². The molecule has 0 atom stereocenters. The molecule has 0 bridgehead atoms. The third-order valence-corrected chi connectivity index (χ3v) is 4.05. The van der Waals surface area contributed by atoms with Crippen LogP contribution in [0.1, 0.15) is 46.4 Å². The number of carbonyl (C=O) groups is 2. The summed E-state index contributed by atoms with van der Waals surface area (Å²) in [5.41, 5.74) is -0.540. The van der Waals surface area contributed by atoms with Crippen molar-refractivity contribution in [1.82, 2.24) is 0 Å². The van der Waals surface area contributed by atoms with E-state index in [2.05, 4.69) is 0 Å². The van der Waals surface area contributed by atoms with E-state index in [0.717, 1.165) is 18.2 Å². The molecule has 0 saturated carbocycles. The van der Waals surface area contributed by atoms with Gasteiger partial charge in [0.25, 0.3) is 0 Å². The number of rotatable bonds is 11. The van der Waals surface area contributed by atoms with Crippen molar-refractivity contribution in [2.75, 3.05) is 26.4 Å². The van der Waals surface area contributed by atoms with Crippen LogP contribution in [0.4, 0.5) is 0 Å². The fourth-order valence-electron chi connectivity index (χ4n) is 1.90. The first-order chi connectivity index (χ1) is 12.3. The van der Waals surface area contributed by atoms with Crippen LogP contribution in [0, 0.1) is 0 Å². The van der Waals surface area contributed by atoms with Gasteiger partial charge in [-0.2, -0.15) is 0 Å². The normalized spacial score (nSPS) is 11.2. The summed E-state index contributed by atoms with van der Waals surface area (Å²) in [5.74, 6) is -1.80. The van der Waals surface area contributed by atoms with E-state index < -0.39 is 27.0 Å². The van der Waals surface area contributed by atoms with Gasteiger partial charge in [0.15, 0.2) is 0 Å². The van der Waals surface area contributed by atoms with Gasteiger partial charge in [-0.15, -0.1) is 0 Å². The van der Waals surface area contributed by atoms with E-state index >= 15 is 0 Å². The van der Waals surface area contributed by atoms with Crippen molar-refractivity contribution in [2.24, 2.45) is 0 Å². The van der Waals surface area contributed by atoms with Crippen molar-refractivity contribution in [2.45, 2.75) is 30.6 Å². The van der Waals surface area contributed by atoms with Gasteiger partial charge < -0.3 is 24.2 Å². The average Bonchev–Trinajstić information content (AvgIpc) is 2.61. The monoisotopic (exact) mass is 389 g/mol. The Hall–Kier alpha value is -2.01. The van der Waals surface area contributed by atoms with Crippen molar-refractivity contribution in [1.29, 1.82) is 0 Å². The van der Waals surface area contributed by atoms with Crippen LogP contribution in [0.2, 0.25) is 0 Å². The number of unbranched alkanes of at least 4 members (excludes halogenated alkanes) is 2. The lowest BCUT2D eigenvalue weighted by atomic mass is 10.1. The molecular formula is C16H21O9S-. The zero-order chi connectivity index (χ0) is 19.6. The third-order valence-electron chi connectivity index (χ3n) is 3.24. The minimum absolute atomic E-state index is 0.00527. The van der Waals surface area contributed by atoms with Gasteiger partial charge in [0, 0.05) is 13.2 Å². The molecule has 9 nitrogen and oxygen atoms in total. The molecule has 1 rings (SSSR count). The van der Waals surface area contributed by atoms with E-state index in [-0.39, 0.29) is 37.6 Å². The SMILES string of the molecule is O=C(OCCCCO)c1cc(C(=O)OCCCCO)cc(S(=O)(=O)[O-])c1. The molecule has 0 heterocycles. The quantitative estimate of drug-likeness (QED) is 0.312. The maximum atomic E-state index is 12.0. The summed E-state index contributed by atoms with van der Waals surface area (Å²) in [6, 6.07) is 2.75. The molecule has 0 fully saturated rings. The van der Waals surface area contributed by atoms with Crippen LogP contribution >= 0.6 is 0 Å². The Bertz CT molecular complexity index is 670. The van der Waals surface area contributed by atoms with Gasteiger partial charge in [-0.1, -0.05) is 0 Å². The summed E-state index contributed by atoms with van der Waals surface area (Å²) in [6.07, 6.45) is 1.66. The molecule has 0 radical (unpaired) electrons. The summed E-state index contributed by atoms with van der Waals surface area (Å²) in [4.78, 5) is 23.3. The second-order valence-electron chi connectivity index (χ2n) is 5.33. The Kier molecular flexibility index (Phi) is 9.21. The van der Waals surface area contributed by atoms with E-state index in [9.17, 15) is 22.6 Å².